The fraction of sp³-hybridized carbons (Fsp3) is 0.263. The van der Waals surface area contributed by atoms with Gasteiger partial charge in [0.25, 0.3) is 5.91 Å². The van der Waals surface area contributed by atoms with Crippen LogP contribution in [0.3, 0.4) is 0 Å². The summed E-state index contributed by atoms with van der Waals surface area (Å²) in [5.74, 6) is -3.18. The molecule has 1 atom stereocenters. The van der Waals surface area contributed by atoms with E-state index >= 15 is 0 Å². The third-order valence-corrected chi connectivity index (χ3v) is 5.59. The van der Waals surface area contributed by atoms with Crippen molar-refractivity contribution in [2.24, 2.45) is 0 Å². The van der Waals surface area contributed by atoms with Crippen LogP contribution in [0.5, 0.6) is 0 Å². The van der Waals surface area contributed by atoms with Crippen molar-refractivity contribution < 1.29 is 31.5 Å². The Labute approximate surface area is 166 Å². The van der Waals surface area contributed by atoms with Crippen LogP contribution in [-0.2, 0) is 26.0 Å². The number of sulfonamides is 1. The first-order valence-electron chi connectivity index (χ1n) is 8.64. The minimum absolute atomic E-state index is 0.149. The molecule has 0 saturated carbocycles. The summed E-state index contributed by atoms with van der Waals surface area (Å²) in [5.41, 5.74) is 0.951. The van der Waals surface area contributed by atoms with Crippen LogP contribution < -0.4 is 9.62 Å². The van der Waals surface area contributed by atoms with E-state index in [2.05, 4.69) is 5.32 Å². The van der Waals surface area contributed by atoms with E-state index in [0.29, 0.717) is 17.7 Å². The van der Waals surface area contributed by atoms with Crippen molar-refractivity contribution in [2.75, 3.05) is 22.4 Å². The maximum absolute atomic E-state index is 13.6. The molecule has 0 radical (unpaired) electrons. The van der Waals surface area contributed by atoms with Crippen molar-refractivity contribution in [1.29, 1.82) is 0 Å². The van der Waals surface area contributed by atoms with Crippen LogP contribution in [0.25, 0.3) is 0 Å². The fourth-order valence-electron chi connectivity index (χ4n) is 2.95. The molecule has 2 aromatic carbocycles. The first-order valence-corrected chi connectivity index (χ1v) is 10.5. The van der Waals surface area contributed by atoms with Crippen LogP contribution in [-0.4, -0.2) is 39.2 Å². The zero-order chi connectivity index (χ0) is 21.3. The summed E-state index contributed by atoms with van der Waals surface area (Å²) in [6.07, 6.45) is 0.274. The number of hydrogen-bond donors (Lipinski definition) is 1. The van der Waals surface area contributed by atoms with Gasteiger partial charge < -0.3 is 10.1 Å². The van der Waals surface area contributed by atoms with Gasteiger partial charge in [0.05, 0.1) is 23.2 Å². The maximum Gasteiger partial charge on any atom is 0.338 e. The van der Waals surface area contributed by atoms with Gasteiger partial charge in [0.1, 0.15) is 11.6 Å². The Balaban J connectivity index is 1.69. The van der Waals surface area contributed by atoms with Crippen LogP contribution in [0.4, 0.5) is 20.2 Å². The van der Waals surface area contributed by atoms with Crippen molar-refractivity contribution in [3.8, 4) is 0 Å². The molecule has 1 N–H and O–H groups in total. The van der Waals surface area contributed by atoms with Crippen molar-refractivity contribution in [1.82, 2.24) is 0 Å². The van der Waals surface area contributed by atoms with Gasteiger partial charge in [-0.15, -0.1) is 0 Å². The number of benzene rings is 2. The molecule has 1 amide bonds. The lowest BCUT2D eigenvalue weighted by Gasteiger charge is -2.17. The number of amides is 1. The molecule has 0 bridgehead atoms. The lowest BCUT2D eigenvalue weighted by Crippen LogP contribution is -2.30. The molecule has 29 heavy (non-hydrogen) atoms. The van der Waals surface area contributed by atoms with Gasteiger partial charge in [0, 0.05) is 12.6 Å². The molecule has 0 aromatic heterocycles. The van der Waals surface area contributed by atoms with Crippen molar-refractivity contribution >= 4 is 33.3 Å². The minimum atomic E-state index is -3.41. The first kappa shape index (κ1) is 20.7. The number of carbonyl (C=O) groups is 2. The molecule has 3 rings (SSSR count). The van der Waals surface area contributed by atoms with Gasteiger partial charge in [-0.3, -0.25) is 9.10 Å². The Morgan fingerprint density at radius 1 is 1.17 bits per heavy atom. The Hall–Kier alpha value is -3.01. The molecule has 154 valence electrons. The van der Waals surface area contributed by atoms with Crippen LogP contribution in [0, 0.1) is 11.6 Å². The smallest absolute Gasteiger partial charge is 0.338 e. The zero-order valence-electron chi connectivity index (χ0n) is 15.6. The molecule has 1 heterocycles. The van der Waals surface area contributed by atoms with Crippen molar-refractivity contribution in [3.05, 3.63) is 59.2 Å². The second-order valence-electron chi connectivity index (χ2n) is 6.59. The zero-order valence-corrected chi connectivity index (χ0v) is 16.4. The fourth-order valence-corrected chi connectivity index (χ4v) is 3.91. The average molecular weight is 424 g/mol. The average Bonchev–Trinajstić information content (AvgIpc) is 3.08. The highest BCUT2D eigenvalue weighted by molar-refractivity contribution is 7.92. The summed E-state index contributed by atoms with van der Waals surface area (Å²) in [4.78, 5) is 24.5. The summed E-state index contributed by atoms with van der Waals surface area (Å²) in [5, 5.41) is 2.17. The van der Waals surface area contributed by atoms with Gasteiger partial charge in [-0.25, -0.2) is 22.0 Å². The highest BCUT2D eigenvalue weighted by Gasteiger charge is 2.27. The van der Waals surface area contributed by atoms with Gasteiger partial charge in [-0.2, -0.15) is 0 Å². The molecule has 0 fully saturated rings. The summed E-state index contributed by atoms with van der Waals surface area (Å²) >= 11 is 0. The van der Waals surface area contributed by atoms with Gasteiger partial charge in [0.2, 0.25) is 10.0 Å². The predicted molar refractivity (Wildman–Crippen MR) is 102 cm³/mol. The second-order valence-corrected chi connectivity index (χ2v) is 8.50. The largest absolute Gasteiger partial charge is 0.449 e. The Bertz CT molecular complexity index is 1090. The van der Waals surface area contributed by atoms with E-state index in [-0.39, 0.29) is 17.8 Å². The lowest BCUT2D eigenvalue weighted by molar-refractivity contribution is -0.123. The molecule has 0 saturated heterocycles. The van der Waals surface area contributed by atoms with Gasteiger partial charge in [-0.1, -0.05) is 0 Å². The standard InChI is InChI=1S/C19H18F2N2O5S/c1-11(18(24)22-16-10-14(20)4-5-15(16)21)28-19(25)13-3-6-17-12(9-13)7-8-23(17)29(2,26)27/h3-6,9-11H,7-8H2,1-2H3,(H,22,24)/t11-/m0/s1. The van der Waals surface area contributed by atoms with Crippen LogP contribution in [0.2, 0.25) is 0 Å². The third-order valence-electron chi connectivity index (χ3n) is 4.41. The minimum Gasteiger partial charge on any atom is -0.449 e. The monoisotopic (exact) mass is 424 g/mol. The quantitative estimate of drug-likeness (QED) is 0.745. The second kappa shape index (κ2) is 7.78. The third kappa shape index (κ3) is 4.53. The van der Waals surface area contributed by atoms with Gasteiger partial charge >= 0.3 is 5.97 Å². The summed E-state index contributed by atoms with van der Waals surface area (Å²) < 4.78 is 56.7. The number of rotatable bonds is 5. The summed E-state index contributed by atoms with van der Waals surface area (Å²) in [7, 11) is -3.41. The molecule has 0 aliphatic carbocycles. The SMILES string of the molecule is C[C@H](OC(=O)c1ccc2c(c1)CCN2S(C)(=O)=O)C(=O)Nc1cc(F)ccc1F. The molecule has 1 aliphatic heterocycles. The number of carbonyl (C=O) groups excluding carboxylic acids is 2. The number of ether oxygens (including phenoxy) is 1. The Kier molecular flexibility index (Phi) is 5.56. The maximum atomic E-state index is 13.6. The molecular weight excluding hydrogens is 406 g/mol. The highest BCUT2D eigenvalue weighted by atomic mass is 32.2. The van der Waals surface area contributed by atoms with Crippen LogP contribution in [0.15, 0.2) is 36.4 Å². The first-order chi connectivity index (χ1) is 13.6. The number of nitrogens with zero attached hydrogens (tertiary/aromatic N) is 1. The topological polar surface area (TPSA) is 92.8 Å². The molecular formula is C19H18F2N2O5S. The van der Waals surface area contributed by atoms with E-state index in [1.807, 2.05) is 0 Å². The van der Waals surface area contributed by atoms with Crippen LogP contribution in [0.1, 0.15) is 22.8 Å². The molecule has 0 spiro atoms. The van der Waals surface area contributed by atoms with E-state index in [0.717, 1.165) is 24.5 Å². The molecule has 2 aromatic rings. The molecule has 7 nitrogen and oxygen atoms in total. The van der Waals surface area contributed by atoms with Crippen molar-refractivity contribution in [3.63, 3.8) is 0 Å². The van der Waals surface area contributed by atoms with E-state index < -0.39 is 39.6 Å². The molecule has 0 unspecified atom stereocenters. The predicted octanol–water partition coefficient (Wildman–Crippen LogP) is 2.47. The van der Waals surface area contributed by atoms with E-state index in [9.17, 15) is 26.8 Å². The number of nitrogens with one attached hydrogen (secondary N) is 1. The lowest BCUT2D eigenvalue weighted by atomic mass is 10.1. The number of hydrogen-bond acceptors (Lipinski definition) is 5. The number of fused-ring (bicyclic) bond motifs is 1. The van der Waals surface area contributed by atoms with E-state index in [4.69, 9.17) is 4.74 Å². The summed E-state index contributed by atoms with van der Waals surface area (Å²) in [6.45, 7) is 1.58. The summed E-state index contributed by atoms with van der Waals surface area (Å²) in [6, 6.07) is 7.02. The highest BCUT2D eigenvalue weighted by Crippen LogP contribution is 2.31. The number of anilines is 2. The number of halogens is 2. The van der Waals surface area contributed by atoms with Crippen LogP contribution >= 0.6 is 0 Å². The Morgan fingerprint density at radius 2 is 1.90 bits per heavy atom. The van der Waals surface area contributed by atoms with Gasteiger partial charge in [0.15, 0.2) is 6.10 Å². The van der Waals surface area contributed by atoms with Crippen molar-refractivity contribution in [2.45, 2.75) is 19.4 Å². The molecule has 10 heteroatoms. The van der Waals surface area contributed by atoms with E-state index in [1.54, 1.807) is 0 Å². The van der Waals surface area contributed by atoms with E-state index in [1.165, 1.54) is 29.4 Å². The number of esters is 1. The Morgan fingerprint density at radius 3 is 2.59 bits per heavy atom. The van der Waals surface area contributed by atoms with Gasteiger partial charge in [-0.05, 0) is 49.2 Å². The molecule has 1 aliphatic rings. The normalized spacial score (nSPS) is 14.3.